The molecular formula is C19H16N4OS2. The fraction of sp³-hybridized carbons (Fsp3) is 0.105. The number of carbonyl (C=O) groups is 1. The lowest BCUT2D eigenvalue weighted by molar-refractivity contribution is 0.102. The van der Waals surface area contributed by atoms with E-state index in [1.54, 1.807) is 28.4 Å². The van der Waals surface area contributed by atoms with Crippen molar-refractivity contribution in [1.29, 1.82) is 0 Å². The molecule has 0 aliphatic carbocycles. The summed E-state index contributed by atoms with van der Waals surface area (Å²) in [5, 5.41) is 5.43. The number of thiazole rings is 1. The van der Waals surface area contributed by atoms with E-state index in [0.29, 0.717) is 10.8 Å². The predicted molar refractivity (Wildman–Crippen MR) is 106 cm³/mol. The van der Waals surface area contributed by atoms with Crippen molar-refractivity contribution >= 4 is 33.7 Å². The summed E-state index contributed by atoms with van der Waals surface area (Å²) in [6.45, 7) is 4.17. The largest absolute Gasteiger partial charge is 0.296 e. The van der Waals surface area contributed by atoms with E-state index >= 15 is 0 Å². The van der Waals surface area contributed by atoms with Crippen molar-refractivity contribution in [2.75, 3.05) is 5.32 Å². The standard InChI is InChI=1S/C19H16N4OS2/c1-12-8-15(13(2)26-12)16-10-25-19(21-16)22-18(24)17-9-20-11-23(17)14-6-4-3-5-7-14/h3-11H,1-2H3,(H,21,22,24). The van der Waals surface area contributed by atoms with Crippen molar-refractivity contribution in [1.82, 2.24) is 14.5 Å². The molecule has 1 N–H and O–H groups in total. The van der Waals surface area contributed by atoms with Gasteiger partial charge in [0.05, 0.1) is 18.2 Å². The number of benzene rings is 1. The molecule has 0 atom stereocenters. The summed E-state index contributed by atoms with van der Waals surface area (Å²) >= 11 is 3.17. The molecule has 1 aromatic carbocycles. The van der Waals surface area contributed by atoms with Gasteiger partial charge in [0, 0.05) is 26.4 Å². The number of aryl methyl sites for hydroxylation is 2. The number of anilines is 1. The molecule has 0 saturated carbocycles. The second kappa shape index (κ2) is 6.86. The van der Waals surface area contributed by atoms with Crippen LogP contribution in [0.3, 0.4) is 0 Å². The first-order valence-electron chi connectivity index (χ1n) is 8.04. The Bertz CT molecular complexity index is 1060. The quantitative estimate of drug-likeness (QED) is 0.546. The van der Waals surface area contributed by atoms with Crippen LogP contribution in [-0.2, 0) is 0 Å². The Hall–Kier alpha value is -2.77. The van der Waals surface area contributed by atoms with Crippen LogP contribution in [0.15, 0.2) is 54.3 Å². The van der Waals surface area contributed by atoms with E-state index in [0.717, 1.165) is 16.9 Å². The highest BCUT2D eigenvalue weighted by atomic mass is 32.1. The van der Waals surface area contributed by atoms with Gasteiger partial charge in [0.2, 0.25) is 0 Å². The molecule has 0 bridgehead atoms. The van der Waals surface area contributed by atoms with Crippen LogP contribution in [0, 0.1) is 13.8 Å². The monoisotopic (exact) mass is 380 g/mol. The first-order chi connectivity index (χ1) is 12.6. The lowest BCUT2D eigenvalue weighted by Gasteiger charge is -2.07. The molecule has 3 aromatic heterocycles. The van der Waals surface area contributed by atoms with Crippen molar-refractivity contribution in [3.8, 4) is 16.9 Å². The van der Waals surface area contributed by atoms with Crippen LogP contribution < -0.4 is 5.32 Å². The van der Waals surface area contributed by atoms with Gasteiger partial charge in [-0.25, -0.2) is 9.97 Å². The van der Waals surface area contributed by atoms with E-state index in [4.69, 9.17) is 0 Å². The Kier molecular flexibility index (Phi) is 4.40. The second-order valence-corrected chi connectivity index (χ2v) is 8.12. The molecule has 4 aromatic rings. The van der Waals surface area contributed by atoms with Crippen LogP contribution in [0.2, 0.25) is 0 Å². The molecule has 0 aliphatic rings. The number of amides is 1. The van der Waals surface area contributed by atoms with Crippen LogP contribution in [0.25, 0.3) is 16.9 Å². The van der Waals surface area contributed by atoms with Crippen molar-refractivity contribution in [3.05, 3.63) is 69.8 Å². The van der Waals surface area contributed by atoms with Crippen LogP contribution in [-0.4, -0.2) is 20.4 Å². The van der Waals surface area contributed by atoms with Crippen LogP contribution >= 0.6 is 22.7 Å². The van der Waals surface area contributed by atoms with Gasteiger partial charge in [0.1, 0.15) is 5.69 Å². The van der Waals surface area contributed by atoms with Gasteiger partial charge < -0.3 is 0 Å². The van der Waals surface area contributed by atoms with Crippen molar-refractivity contribution in [2.24, 2.45) is 0 Å². The number of hydrogen-bond donors (Lipinski definition) is 1. The number of nitrogens with zero attached hydrogens (tertiary/aromatic N) is 3. The summed E-state index contributed by atoms with van der Waals surface area (Å²) in [5.41, 5.74) is 3.37. The summed E-state index contributed by atoms with van der Waals surface area (Å²) in [5.74, 6) is -0.231. The van der Waals surface area contributed by atoms with E-state index < -0.39 is 0 Å². The van der Waals surface area contributed by atoms with Gasteiger partial charge in [0.15, 0.2) is 5.13 Å². The number of carbonyl (C=O) groups excluding carboxylic acids is 1. The molecular weight excluding hydrogens is 364 g/mol. The second-order valence-electron chi connectivity index (χ2n) is 5.80. The first-order valence-corrected chi connectivity index (χ1v) is 9.73. The minimum Gasteiger partial charge on any atom is -0.296 e. The third kappa shape index (κ3) is 3.18. The highest BCUT2D eigenvalue weighted by Gasteiger charge is 2.16. The topological polar surface area (TPSA) is 59.8 Å². The number of hydrogen-bond acceptors (Lipinski definition) is 5. The molecule has 0 unspecified atom stereocenters. The van der Waals surface area contributed by atoms with Gasteiger partial charge in [-0.15, -0.1) is 22.7 Å². The zero-order valence-electron chi connectivity index (χ0n) is 14.3. The lowest BCUT2D eigenvalue weighted by atomic mass is 10.2. The average Bonchev–Trinajstić information content (AvgIpc) is 3.35. The fourth-order valence-corrected chi connectivity index (χ4v) is 4.40. The summed E-state index contributed by atoms with van der Waals surface area (Å²) in [7, 11) is 0. The van der Waals surface area contributed by atoms with Gasteiger partial charge >= 0.3 is 0 Å². The smallest absolute Gasteiger partial charge is 0.276 e. The van der Waals surface area contributed by atoms with Gasteiger partial charge in [-0.2, -0.15) is 0 Å². The number of thiophene rings is 1. The third-order valence-electron chi connectivity index (χ3n) is 3.95. The summed E-state index contributed by atoms with van der Waals surface area (Å²) in [6, 6.07) is 11.8. The number of rotatable bonds is 4. The summed E-state index contributed by atoms with van der Waals surface area (Å²) < 4.78 is 1.76. The van der Waals surface area contributed by atoms with Gasteiger partial charge in [-0.1, -0.05) is 18.2 Å². The van der Waals surface area contributed by atoms with E-state index in [1.807, 2.05) is 35.7 Å². The molecule has 0 fully saturated rings. The molecule has 0 aliphatic heterocycles. The van der Waals surface area contributed by atoms with E-state index in [-0.39, 0.29) is 5.91 Å². The molecule has 26 heavy (non-hydrogen) atoms. The average molecular weight is 380 g/mol. The van der Waals surface area contributed by atoms with E-state index in [9.17, 15) is 4.79 Å². The van der Waals surface area contributed by atoms with Gasteiger partial charge in [-0.05, 0) is 32.0 Å². The molecule has 0 saturated heterocycles. The Labute approximate surface area is 159 Å². The Morgan fingerprint density at radius 3 is 2.73 bits per heavy atom. The first kappa shape index (κ1) is 16.7. The zero-order chi connectivity index (χ0) is 18.1. The van der Waals surface area contributed by atoms with Crippen LogP contribution in [0.1, 0.15) is 20.2 Å². The number of nitrogens with one attached hydrogen (secondary N) is 1. The SMILES string of the molecule is Cc1cc(-c2csc(NC(=O)c3cncn3-c3ccccc3)n2)c(C)s1. The normalized spacial score (nSPS) is 10.8. The number of aromatic nitrogens is 3. The maximum atomic E-state index is 12.7. The Balaban J connectivity index is 1.57. The minimum absolute atomic E-state index is 0.231. The third-order valence-corrected chi connectivity index (χ3v) is 5.67. The summed E-state index contributed by atoms with van der Waals surface area (Å²) in [4.78, 5) is 23.9. The molecule has 130 valence electrons. The highest BCUT2D eigenvalue weighted by molar-refractivity contribution is 7.14. The molecule has 0 radical (unpaired) electrons. The molecule has 1 amide bonds. The van der Waals surface area contributed by atoms with Gasteiger partial charge in [-0.3, -0.25) is 14.7 Å². The Morgan fingerprint density at radius 2 is 2.00 bits per heavy atom. The molecule has 7 heteroatoms. The molecule has 5 nitrogen and oxygen atoms in total. The number of para-hydroxylation sites is 1. The van der Waals surface area contributed by atoms with Crippen molar-refractivity contribution in [3.63, 3.8) is 0 Å². The molecule has 3 heterocycles. The van der Waals surface area contributed by atoms with Crippen molar-refractivity contribution < 1.29 is 4.79 Å². The lowest BCUT2D eigenvalue weighted by Crippen LogP contribution is -2.15. The van der Waals surface area contributed by atoms with Crippen LogP contribution in [0.4, 0.5) is 5.13 Å². The van der Waals surface area contributed by atoms with Crippen LogP contribution in [0.5, 0.6) is 0 Å². The molecule has 4 rings (SSSR count). The maximum Gasteiger partial charge on any atom is 0.276 e. The highest BCUT2D eigenvalue weighted by Crippen LogP contribution is 2.32. The zero-order valence-corrected chi connectivity index (χ0v) is 15.9. The predicted octanol–water partition coefficient (Wildman–Crippen LogP) is 4.93. The molecule has 0 spiro atoms. The summed E-state index contributed by atoms with van der Waals surface area (Å²) in [6.07, 6.45) is 3.19. The minimum atomic E-state index is -0.231. The van der Waals surface area contributed by atoms with E-state index in [1.165, 1.54) is 21.1 Å². The number of imidazole rings is 1. The fourth-order valence-electron chi connectivity index (χ4n) is 2.76. The van der Waals surface area contributed by atoms with E-state index in [2.05, 4.69) is 35.2 Å². The maximum absolute atomic E-state index is 12.7. The van der Waals surface area contributed by atoms with Crippen molar-refractivity contribution in [2.45, 2.75) is 13.8 Å². The van der Waals surface area contributed by atoms with Gasteiger partial charge in [0.25, 0.3) is 5.91 Å². The Morgan fingerprint density at radius 1 is 1.19 bits per heavy atom.